The number of anilines is 2. The average Bonchev–Trinajstić information content (AvgIpc) is 3.31. The zero-order valence-corrected chi connectivity index (χ0v) is 18.3. The Hall–Kier alpha value is -3.91. The lowest BCUT2D eigenvalue weighted by Gasteiger charge is -2.12. The molecule has 0 saturated carbocycles. The van der Waals surface area contributed by atoms with E-state index < -0.39 is 15.9 Å². The summed E-state index contributed by atoms with van der Waals surface area (Å²) in [4.78, 5) is 16.8. The van der Waals surface area contributed by atoms with E-state index in [0.717, 1.165) is 11.1 Å². The van der Waals surface area contributed by atoms with Gasteiger partial charge in [0.25, 0.3) is 15.9 Å². The summed E-state index contributed by atoms with van der Waals surface area (Å²) < 4.78 is 33.4. The molecule has 0 aliphatic heterocycles. The van der Waals surface area contributed by atoms with E-state index in [1.807, 2.05) is 19.1 Å². The molecule has 3 aromatic carbocycles. The number of aryl methyl sites for hydroxylation is 2. The number of benzene rings is 3. The number of aromatic nitrogens is 1. The highest BCUT2D eigenvalue weighted by molar-refractivity contribution is 7.92. The van der Waals surface area contributed by atoms with Gasteiger partial charge in [0.15, 0.2) is 12.2 Å². The number of nitrogens with one attached hydrogen (secondary N) is 2. The van der Waals surface area contributed by atoms with E-state index in [-0.39, 0.29) is 10.5 Å². The van der Waals surface area contributed by atoms with Crippen LogP contribution in [0.4, 0.5) is 11.4 Å². The molecule has 8 heteroatoms. The van der Waals surface area contributed by atoms with Gasteiger partial charge >= 0.3 is 0 Å². The van der Waals surface area contributed by atoms with Gasteiger partial charge in [0.1, 0.15) is 0 Å². The summed E-state index contributed by atoms with van der Waals surface area (Å²) in [7, 11) is -3.85. The van der Waals surface area contributed by atoms with Crippen LogP contribution in [0, 0.1) is 13.8 Å². The lowest BCUT2D eigenvalue weighted by atomic mass is 10.1. The summed E-state index contributed by atoms with van der Waals surface area (Å²) in [6.07, 6.45) is 2.95. The van der Waals surface area contributed by atoms with Crippen molar-refractivity contribution in [2.45, 2.75) is 18.7 Å². The third kappa shape index (κ3) is 4.70. The normalized spacial score (nSPS) is 11.2. The first-order valence-corrected chi connectivity index (χ1v) is 11.3. The lowest BCUT2D eigenvalue weighted by molar-refractivity contribution is 0.102. The van der Waals surface area contributed by atoms with Crippen molar-refractivity contribution in [2.24, 2.45) is 0 Å². The Balaban J connectivity index is 1.54. The van der Waals surface area contributed by atoms with Crippen LogP contribution in [0.15, 0.2) is 88.6 Å². The number of rotatable bonds is 6. The van der Waals surface area contributed by atoms with E-state index in [9.17, 15) is 13.2 Å². The Morgan fingerprint density at radius 3 is 2.25 bits per heavy atom. The molecule has 0 saturated heterocycles. The monoisotopic (exact) mass is 447 g/mol. The highest BCUT2D eigenvalue weighted by atomic mass is 32.2. The van der Waals surface area contributed by atoms with Crippen LogP contribution in [-0.4, -0.2) is 19.3 Å². The van der Waals surface area contributed by atoms with Crippen molar-refractivity contribution in [3.8, 4) is 11.3 Å². The molecule has 0 fully saturated rings. The quantitative estimate of drug-likeness (QED) is 0.433. The zero-order valence-electron chi connectivity index (χ0n) is 17.5. The maximum Gasteiger partial charge on any atom is 0.261 e. The van der Waals surface area contributed by atoms with Crippen LogP contribution < -0.4 is 10.0 Å². The third-order valence-corrected chi connectivity index (χ3v) is 6.31. The molecule has 1 amide bonds. The number of sulfonamides is 1. The van der Waals surface area contributed by atoms with E-state index in [2.05, 4.69) is 15.0 Å². The second-order valence-electron chi connectivity index (χ2n) is 7.35. The van der Waals surface area contributed by atoms with Crippen LogP contribution in [0.3, 0.4) is 0 Å². The summed E-state index contributed by atoms with van der Waals surface area (Å²) in [5.74, 6) is 0.222. The predicted molar refractivity (Wildman–Crippen MR) is 123 cm³/mol. The Morgan fingerprint density at radius 2 is 1.59 bits per heavy atom. The first-order valence-electron chi connectivity index (χ1n) is 9.82. The fraction of sp³-hybridized carbons (Fsp3) is 0.0833. The molecule has 0 unspecified atom stereocenters. The van der Waals surface area contributed by atoms with Crippen molar-refractivity contribution in [2.75, 3.05) is 10.0 Å². The first-order chi connectivity index (χ1) is 15.3. The fourth-order valence-corrected chi connectivity index (χ4v) is 4.21. The van der Waals surface area contributed by atoms with Crippen molar-refractivity contribution in [1.82, 2.24) is 4.98 Å². The molecule has 0 aliphatic carbocycles. The molecule has 0 aliphatic rings. The molecule has 7 nitrogen and oxygen atoms in total. The molecule has 0 bridgehead atoms. The SMILES string of the molecule is Cc1ccc(NS(=O)(=O)c2ccc(C)c(C(=O)Nc3ccc(-c4cnco4)cc3)c2)cc1. The van der Waals surface area contributed by atoms with Crippen LogP contribution in [-0.2, 0) is 10.0 Å². The minimum absolute atomic E-state index is 0.00879. The molecular formula is C24H21N3O4S. The number of carbonyl (C=O) groups is 1. The van der Waals surface area contributed by atoms with Gasteiger partial charge < -0.3 is 9.73 Å². The second-order valence-corrected chi connectivity index (χ2v) is 9.03. The molecule has 32 heavy (non-hydrogen) atoms. The minimum Gasteiger partial charge on any atom is -0.444 e. The maximum absolute atomic E-state index is 12.9. The van der Waals surface area contributed by atoms with E-state index in [1.165, 1.54) is 18.5 Å². The average molecular weight is 448 g/mol. The first kappa shape index (κ1) is 21.3. The zero-order chi connectivity index (χ0) is 22.7. The van der Waals surface area contributed by atoms with Gasteiger partial charge in [-0.1, -0.05) is 23.8 Å². The molecule has 0 spiro atoms. The van der Waals surface area contributed by atoms with Crippen molar-refractivity contribution in [3.63, 3.8) is 0 Å². The molecule has 4 rings (SSSR count). The summed E-state index contributed by atoms with van der Waals surface area (Å²) >= 11 is 0. The van der Waals surface area contributed by atoms with E-state index in [1.54, 1.807) is 55.6 Å². The fourth-order valence-electron chi connectivity index (χ4n) is 3.12. The third-order valence-electron chi connectivity index (χ3n) is 4.93. The molecule has 162 valence electrons. The van der Waals surface area contributed by atoms with Crippen molar-refractivity contribution in [1.29, 1.82) is 0 Å². The maximum atomic E-state index is 12.9. The van der Waals surface area contributed by atoms with Gasteiger partial charge in [-0.2, -0.15) is 0 Å². The Kier molecular flexibility index (Phi) is 5.79. The Bertz CT molecular complexity index is 1350. The van der Waals surface area contributed by atoms with Crippen LogP contribution in [0.25, 0.3) is 11.3 Å². The number of carbonyl (C=O) groups excluding carboxylic acids is 1. The van der Waals surface area contributed by atoms with Gasteiger partial charge in [0.2, 0.25) is 0 Å². The van der Waals surface area contributed by atoms with Crippen LogP contribution >= 0.6 is 0 Å². The summed E-state index contributed by atoms with van der Waals surface area (Å²) in [5, 5.41) is 2.81. The highest BCUT2D eigenvalue weighted by Crippen LogP contribution is 2.23. The number of amides is 1. The predicted octanol–water partition coefficient (Wildman–Crippen LogP) is 5.01. The number of hydrogen-bond donors (Lipinski definition) is 2. The Labute approximate surface area is 186 Å². The lowest BCUT2D eigenvalue weighted by Crippen LogP contribution is -2.17. The number of oxazole rings is 1. The van der Waals surface area contributed by atoms with Gasteiger partial charge in [0.05, 0.1) is 11.1 Å². The second kappa shape index (κ2) is 8.68. The molecule has 2 N–H and O–H groups in total. The van der Waals surface area contributed by atoms with E-state index >= 15 is 0 Å². The largest absolute Gasteiger partial charge is 0.444 e. The van der Waals surface area contributed by atoms with E-state index in [4.69, 9.17) is 4.42 Å². The highest BCUT2D eigenvalue weighted by Gasteiger charge is 2.18. The molecule has 1 heterocycles. The molecule has 1 aromatic heterocycles. The van der Waals surface area contributed by atoms with Gasteiger partial charge in [-0.05, 0) is 67.9 Å². The Morgan fingerprint density at radius 1 is 0.906 bits per heavy atom. The molecular weight excluding hydrogens is 426 g/mol. The molecule has 0 radical (unpaired) electrons. The van der Waals surface area contributed by atoms with Crippen molar-refractivity contribution >= 4 is 27.3 Å². The minimum atomic E-state index is -3.85. The summed E-state index contributed by atoms with van der Waals surface area (Å²) in [5.41, 5.74) is 3.81. The van der Waals surface area contributed by atoms with E-state index in [0.29, 0.717) is 22.7 Å². The van der Waals surface area contributed by atoms with Gasteiger partial charge in [0, 0.05) is 22.5 Å². The number of hydrogen-bond acceptors (Lipinski definition) is 5. The van der Waals surface area contributed by atoms with Crippen LogP contribution in [0.2, 0.25) is 0 Å². The standard InChI is InChI=1S/C24H21N3O4S/c1-16-3-8-20(9-4-16)27-32(29,30)21-12-5-17(2)22(13-21)24(28)26-19-10-6-18(7-11-19)23-14-25-15-31-23/h3-15,27H,1-2H3,(H,26,28). The number of nitrogens with zero attached hydrogens (tertiary/aromatic N) is 1. The summed E-state index contributed by atoms with van der Waals surface area (Å²) in [6.45, 7) is 3.68. The smallest absolute Gasteiger partial charge is 0.261 e. The topological polar surface area (TPSA) is 101 Å². The summed E-state index contributed by atoms with van der Waals surface area (Å²) in [6, 6.07) is 18.6. The van der Waals surface area contributed by atoms with Crippen molar-refractivity contribution in [3.05, 3.63) is 96.0 Å². The van der Waals surface area contributed by atoms with Gasteiger partial charge in [-0.3, -0.25) is 9.52 Å². The van der Waals surface area contributed by atoms with Crippen LogP contribution in [0.5, 0.6) is 0 Å². The molecule has 4 aromatic rings. The van der Waals surface area contributed by atoms with Gasteiger partial charge in [-0.15, -0.1) is 0 Å². The van der Waals surface area contributed by atoms with Gasteiger partial charge in [-0.25, -0.2) is 13.4 Å². The molecule has 0 atom stereocenters. The van der Waals surface area contributed by atoms with Crippen LogP contribution in [0.1, 0.15) is 21.5 Å². The van der Waals surface area contributed by atoms with Crippen molar-refractivity contribution < 1.29 is 17.6 Å².